The second-order valence-electron chi connectivity index (χ2n) is 2.99. The first-order chi connectivity index (χ1) is 8.20. The molecule has 2 aromatic heterocycles. The summed E-state index contributed by atoms with van der Waals surface area (Å²) < 4.78 is 9.84. The number of esters is 1. The van der Waals surface area contributed by atoms with Gasteiger partial charge in [0.2, 0.25) is 0 Å². The molecular formula is C10H8ClN3O3. The molecule has 0 fully saturated rings. The van der Waals surface area contributed by atoms with Crippen LogP contribution in [0.1, 0.15) is 17.6 Å². The number of rotatable bonds is 3. The van der Waals surface area contributed by atoms with Gasteiger partial charge in [-0.05, 0) is 19.1 Å². The Labute approximate surface area is 102 Å². The van der Waals surface area contributed by atoms with Gasteiger partial charge in [-0.3, -0.25) is 0 Å². The lowest BCUT2D eigenvalue weighted by molar-refractivity contribution is 0.0481. The van der Waals surface area contributed by atoms with E-state index in [4.69, 9.17) is 20.8 Å². The summed E-state index contributed by atoms with van der Waals surface area (Å²) in [7, 11) is 0. The lowest BCUT2D eigenvalue weighted by Gasteiger charge is -1.95. The van der Waals surface area contributed by atoms with E-state index in [1.54, 1.807) is 19.1 Å². The summed E-state index contributed by atoms with van der Waals surface area (Å²) in [6.07, 6.45) is 1.45. The third-order valence-corrected chi connectivity index (χ3v) is 2.05. The van der Waals surface area contributed by atoms with Gasteiger partial charge in [-0.15, -0.1) is 10.2 Å². The van der Waals surface area contributed by atoms with Crippen LogP contribution >= 0.6 is 11.6 Å². The summed E-state index contributed by atoms with van der Waals surface area (Å²) in [5.74, 6) is -0.705. The highest BCUT2D eigenvalue weighted by Gasteiger charge is 2.17. The van der Waals surface area contributed by atoms with E-state index in [1.807, 2.05) is 0 Å². The fraction of sp³-hybridized carbons (Fsp3) is 0.200. The molecule has 0 spiro atoms. The van der Waals surface area contributed by atoms with Crippen LogP contribution in [0.25, 0.3) is 11.6 Å². The molecule has 0 saturated carbocycles. The van der Waals surface area contributed by atoms with Crippen LogP contribution in [0.15, 0.2) is 22.7 Å². The normalized spacial score (nSPS) is 10.2. The molecule has 0 amide bonds. The summed E-state index contributed by atoms with van der Waals surface area (Å²) in [6, 6.07) is 3.25. The minimum absolute atomic E-state index is 0.143. The van der Waals surface area contributed by atoms with Gasteiger partial charge in [0.25, 0.3) is 5.89 Å². The lowest BCUT2D eigenvalue weighted by Crippen LogP contribution is -2.04. The van der Waals surface area contributed by atoms with Gasteiger partial charge < -0.3 is 9.15 Å². The molecule has 7 heteroatoms. The summed E-state index contributed by atoms with van der Waals surface area (Å²) in [4.78, 5) is 15.3. The molecule has 0 aliphatic carbocycles. The first kappa shape index (κ1) is 11.5. The standard InChI is InChI=1S/C10H8ClN3O3/c1-2-16-10(15)9-14-13-8(17-9)7-4-3-6(11)5-12-7/h3-5H,2H2,1H3. The molecule has 0 N–H and O–H groups in total. The van der Waals surface area contributed by atoms with Gasteiger partial charge in [0.1, 0.15) is 5.69 Å². The van der Waals surface area contributed by atoms with E-state index in [9.17, 15) is 4.79 Å². The predicted molar refractivity (Wildman–Crippen MR) is 58.5 cm³/mol. The second-order valence-corrected chi connectivity index (χ2v) is 3.43. The predicted octanol–water partition coefficient (Wildman–Crippen LogP) is 1.96. The van der Waals surface area contributed by atoms with E-state index in [2.05, 4.69) is 15.2 Å². The molecule has 6 nitrogen and oxygen atoms in total. The molecule has 17 heavy (non-hydrogen) atoms. The molecule has 0 aliphatic rings. The topological polar surface area (TPSA) is 78.1 Å². The van der Waals surface area contributed by atoms with Crippen molar-refractivity contribution in [2.75, 3.05) is 6.61 Å². The summed E-state index contributed by atoms with van der Waals surface area (Å²) >= 11 is 5.69. The zero-order valence-corrected chi connectivity index (χ0v) is 9.64. The smallest absolute Gasteiger partial charge is 0.396 e. The van der Waals surface area contributed by atoms with Crippen LogP contribution in [0.3, 0.4) is 0 Å². The summed E-state index contributed by atoms with van der Waals surface area (Å²) in [6.45, 7) is 1.94. The Bertz CT molecular complexity index is 524. The van der Waals surface area contributed by atoms with Crippen LogP contribution in [0.4, 0.5) is 0 Å². The Balaban J connectivity index is 2.23. The van der Waals surface area contributed by atoms with Gasteiger partial charge in [-0.25, -0.2) is 9.78 Å². The number of aromatic nitrogens is 3. The minimum atomic E-state index is -0.653. The number of nitrogens with zero attached hydrogens (tertiary/aromatic N) is 3. The lowest BCUT2D eigenvalue weighted by atomic mass is 10.3. The van der Waals surface area contributed by atoms with Crippen molar-refractivity contribution >= 4 is 17.6 Å². The fourth-order valence-corrected chi connectivity index (χ4v) is 1.22. The molecule has 0 saturated heterocycles. The molecule has 0 atom stereocenters. The Hall–Kier alpha value is -1.95. The van der Waals surface area contributed by atoms with Crippen molar-refractivity contribution in [1.29, 1.82) is 0 Å². The van der Waals surface area contributed by atoms with Crippen molar-refractivity contribution in [3.8, 4) is 11.6 Å². The number of hydrogen-bond donors (Lipinski definition) is 0. The van der Waals surface area contributed by atoms with E-state index >= 15 is 0 Å². The maximum Gasteiger partial charge on any atom is 0.396 e. The molecule has 88 valence electrons. The molecule has 0 aromatic carbocycles. The maximum atomic E-state index is 11.3. The number of pyridine rings is 1. The second kappa shape index (κ2) is 4.92. The molecule has 0 radical (unpaired) electrons. The van der Waals surface area contributed by atoms with Gasteiger partial charge in [-0.2, -0.15) is 0 Å². The Morgan fingerprint density at radius 1 is 1.47 bits per heavy atom. The van der Waals surface area contributed by atoms with Crippen LogP contribution in [-0.4, -0.2) is 27.8 Å². The number of carbonyl (C=O) groups is 1. The van der Waals surface area contributed by atoms with Crippen molar-refractivity contribution in [3.63, 3.8) is 0 Å². The van der Waals surface area contributed by atoms with Gasteiger partial charge in [-0.1, -0.05) is 11.6 Å². The minimum Gasteiger partial charge on any atom is -0.459 e. The molecule has 2 aromatic rings. The van der Waals surface area contributed by atoms with Crippen LogP contribution in [-0.2, 0) is 4.74 Å². The van der Waals surface area contributed by atoms with Gasteiger partial charge >= 0.3 is 11.9 Å². The Morgan fingerprint density at radius 3 is 2.94 bits per heavy atom. The first-order valence-electron chi connectivity index (χ1n) is 4.83. The zero-order chi connectivity index (χ0) is 12.3. The Kier molecular flexibility index (Phi) is 3.34. The molecule has 0 unspecified atom stereocenters. The average Bonchev–Trinajstić information content (AvgIpc) is 2.80. The highest BCUT2D eigenvalue weighted by molar-refractivity contribution is 6.30. The van der Waals surface area contributed by atoms with E-state index in [1.165, 1.54) is 6.20 Å². The number of halogens is 1. The molecule has 2 rings (SSSR count). The van der Waals surface area contributed by atoms with E-state index in [0.717, 1.165) is 0 Å². The molecule has 0 aliphatic heterocycles. The number of ether oxygens (including phenoxy) is 1. The maximum absolute atomic E-state index is 11.3. The van der Waals surface area contributed by atoms with Crippen molar-refractivity contribution in [2.45, 2.75) is 6.92 Å². The van der Waals surface area contributed by atoms with Crippen molar-refractivity contribution in [1.82, 2.24) is 15.2 Å². The zero-order valence-electron chi connectivity index (χ0n) is 8.88. The number of carbonyl (C=O) groups excluding carboxylic acids is 1. The third-order valence-electron chi connectivity index (χ3n) is 1.82. The van der Waals surface area contributed by atoms with Gasteiger partial charge in [0.15, 0.2) is 0 Å². The number of hydrogen-bond acceptors (Lipinski definition) is 6. The monoisotopic (exact) mass is 253 g/mol. The molecule has 2 heterocycles. The van der Waals surface area contributed by atoms with Crippen molar-refractivity contribution < 1.29 is 13.9 Å². The first-order valence-corrected chi connectivity index (χ1v) is 5.21. The molecular weight excluding hydrogens is 246 g/mol. The van der Waals surface area contributed by atoms with E-state index in [-0.39, 0.29) is 18.4 Å². The van der Waals surface area contributed by atoms with Crippen LogP contribution in [0, 0.1) is 0 Å². The third kappa shape index (κ3) is 2.59. The van der Waals surface area contributed by atoms with Crippen molar-refractivity contribution in [2.24, 2.45) is 0 Å². The van der Waals surface area contributed by atoms with Gasteiger partial charge in [0.05, 0.1) is 11.6 Å². The van der Waals surface area contributed by atoms with Crippen LogP contribution in [0.2, 0.25) is 5.02 Å². The van der Waals surface area contributed by atoms with Crippen molar-refractivity contribution in [3.05, 3.63) is 29.2 Å². The van der Waals surface area contributed by atoms with Gasteiger partial charge in [0, 0.05) is 6.20 Å². The summed E-state index contributed by atoms with van der Waals surface area (Å²) in [5.41, 5.74) is 0.442. The highest BCUT2D eigenvalue weighted by Crippen LogP contribution is 2.17. The van der Waals surface area contributed by atoms with Crippen LogP contribution < -0.4 is 0 Å². The largest absolute Gasteiger partial charge is 0.459 e. The quantitative estimate of drug-likeness (QED) is 0.778. The van der Waals surface area contributed by atoms with E-state index in [0.29, 0.717) is 10.7 Å². The fourth-order valence-electron chi connectivity index (χ4n) is 1.10. The SMILES string of the molecule is CCOC(=O)c1nnc(-c2ccc(Cl)cn2)o1. The Morgan fingerprint density at radius 2 is 2.29 bits per heavy atom. The van der Waals surface area contributed by atoms with E-state index < -0.39 is 5.97 Å². The summed E-state index contributed by atoms with van der Waals surface area (Å²) in [5, 5.41) is 7.76. The van der Waals surface area contributed by atoms with Crippen LogP contribution in [0.5, 0.6) is 0 Å². The average molecular weight is 254 g/mol. The molecule has 0 bridgehead atoms. The highest BCUT2D eigenvalue weighted by atomic mass is 35.5.